The van der Waals surface area contributed by atoms with Crippen LogP contribution in [-0.2, 0) is 22.4 Å². The van der Waals surface area contributed by atoms with Crippen LogP contribution < -0.4 is 15.6 Å². The highest BCUT2D eigenvalue weighted by Crippen LogP contribution is 2.15. The zero-order valence-electron chi connectivity index (χ0n) is 13.0. The molecule has 0 aliphatic carbocycles. The minimum absolute atomic E-state index is 0.00965. The van der Waals surface area contributed by atoms with Crippen LogP contribution in [0.5, 0.6) is 5.75 Å². The SMILES string of the molecule is O=C(Cc1ccc(Cl)cc1)NNC(=O)Cc1ccc(OC(F)F)cc1. The zero-order valence-corrected chi connectivity index (χ0v) is 13.7. The fourth-order valence-electron chi connectivity index (χ4n) is 1.99. The Hall–Kier alpha value is -2.67. The summed E-state index contributed by atoms with van der Waals surface area (Å²) in [5, 5.41) is 0.572. The minimum Gasteiger partial charge on any atom is -0.435 e. The Kier molecular flexibility index (Phi) is 6.71. The van der Waals surface area contributed by atoms with Crippen molar-refractivity contribution in [2.45, 2.75) is 19.5 Å². The van der Waals surface area contributed by atoms with Gasteiger partial charge in [0.15, 0.2) is 0 Å². The third-order valence-corrected chi connectivity index (χ3v) is 3.38. The summed E-state index contributed by atoms with van der Waals surface area (Å²) < 4.78 is 28.3. The van der Waals surface area contributed by atoms with Gasteiger partial charge in [0.2, 0.25) is 11.8 Å². The smallest absolute Gasteiger partial charge is 0.387 e. The molecule has 0 saturated carbocycles. The second kappa shape index (κ2) is 8.98. The van der Waals surface area contributed by atoms with E-state index in [2.05, 4.69) is 15.6 Å². The van der Waals surface area contributed by atoms with Gasteiger partial charge in [0.05, 0.1) is 12.8 Å². The van der Waals surface area contributed by atoms with Crippen LogP contribution in [0.2, 0.25) is 5.02 Å². The number of benzene rings is 2. The van der Waals surface area contributed by atoms with Gasteiger partial charge in [-0.15, -0.1) is 0 Å². The second-order valence-corrected chi connectivity index (χ2v) is 5.54. The van der Waals surface area contributed by atoms with Crippen molar-refractivity contribution in [1.82, 2.24) is 10.9 Å². The van der Waals surface area contributed by atoms with Gasteiger partial charge >= 0.3 is 6.61 Å². The number of alkyl halides is 2. The number of carbonyl (C=O) groups is 2. The topological polar surface area (TPSA) is 67.4 Å². The van der Waals surface area contributed by atoms with Gasteiger partial charge in [-0.05, 0) is 35.4 Å². The molecule has 0 bridgehead atoms. The standard InChI is InChI=1S/C17H15ClF2N2O3/c18-13-5-1-11(2-6-13)9-15(23)21-22-16(24)10-12-3-7-14(8-4-12)25-17(19)20/h1-8,17H,9-10H2,(H,21,23)(H,22,24). The molecule has 5 nitrogen and oxygen atoms in total. The lowest BCUT2D eigenvalue weighted by Crippen LogP contribution is -2.43. The fourth-order valence-corrected chi connectivity index (χ4v) is 2.12. The number of hydrazine groups is 1. The number of rotatable bonds is 6. The van der Waals surface area contributed by atoms with E-state index >= 15 is 0 Å². The van der Waals surface area contributed by atoms with Gasteiger partial charge in [0.25, 0.3) is 0 Å². The van der Waals surface area contributed by atoms with Gasteiger partial charge < -0.3 is 4.74 Å². The van der Waals surface area contributed by atoms with E-state index in [0.29, 0.717) is 10.6 Å². The van der Waals surface area contributed by atoms with Gasteiger partial charge in [0.1, 0.15) is 5.75 Å². The van der Waals surface area contributed by atoms with Crippen LogP contribution in [0.4, 0.5) is 8.78 Å². The molecule has 0 spiro atoms. The summed E-state index contributed by atoms with van der Waals surface area (Å²) >= 11 is 5.76. The summed E-state index contributed by atoms with van der Waals surface area (Å²) in [5.74, 6) is -0.807. The summed E-state index contributed by atoms with van der Waals surface area (Å²) in [4.78, 5) is 23.5. The van der Waals surface area contributed by atoms with Crippen LogP contribution in [0.1, 0.15) is 11.1 Å². The van der Waals surface area contributed by atoms with Crippen molar-refractivity contribution in [1.29, 1.82) is 0 Å². The average molecular weight is 369 g/mol. The molecular formula is C17H15ClF2N2O3. The summed E-state index contributed by atoms with van der Waals surface area (Å²) in [5.41, 5.74) is 5.95. The molecule has 0 saturated heterocycles. The maximum absolute atomic E-state index is 12.1. The fraction of sp³-hybridized carbons (Fsp3) is 0.176. The molecule has 0 unspecified atom stereocenters. The summed E-state index contributed by atoms with van der Waals surface area (Å²) in [6.07, 6.45) is 0.0767. The largest absolute Gasteiger partial charge is 0.435 e. The highest BCUT2D eigenvalue weighted by atomic mass is 35.5. The number of nitrogens with one attached hydrogen (secondary N) is 2. The third-order valence-electron chi connectivity index (χ3n) is 3.13. The van der Waals surface area contributed by atoms with Gasteiger partial charge in [-0.25, -0.2) is 0 Å². The number of hydrogen-bond donors (Lipinski definition) is 2. The van der Waals surface area contributed by atoms with E-state index in [1.54, 1.807) is 24.3 Å². The maximum Gasteiger partial charge on any atom is 0.387 e. The Balaban J connectivity index is 1.76. The Morgan fingerprint density at radius 3 is 1.76 bits per heavy atom. The molecule has 132 valence electrons. The lowest BCUT2D eigenvalue weighted by atomic mass is 10.1. The third kappa shape index (κ3) is 6.76. The molecule has 0 aromatic heterocycles. The van der Waals surface area contributed by atoms with Crippen molar-refractivity contribution in [2.24, 2.45) is 0 Å². The Bertz CT molecular complexity index is 722. The van der Waals surface area contributed by atoms with E-state index < -0.39 is 12.5 Å². The molecule has 2 rings (SSSR count). The minimum atomic E-state index is -2.90. The summed E-state index contributed by atoms with van der Waals surface area (Å²) in [6, 6.07) is 12.4. The summed E-state index contributed by atoms with van der Waals surface area (Å²) in [7, 11) is 0. The number of ether oxygens (including phenoxy) is 1. The molecule has 2 N–H and O–H groups in total. The van der Waals surface area contributed by atoms with E-state index in [1.807, 2.05) is 0 Å². The maximum atomic E-state index is 12.1. The first-order chi connectivity index (χ1) is 11.9. The molecule has 0 heterocycles. The van der Waals surface area contributed by atoms with Crippen molar-refractivity contribution in [3.63, 3.8) is 0 Å². The monoisotopic (exact) mass is 368 g/mol. The van der Waals surface area contributed by atoms with E-state index in [-0.39, 0.29) is 24.5 Å². The first-order valence-electron chi connectivity index (χ1n) is 7.28. The van der Waals surface area contributed by atoms with Gasteiger partial charge in [-0.3, -0.25) is 20.4 Å². The van der Waals surface area contributed by atoms with Crippen LogP contribution in [0, 0.1) is 0 Å². The van der Waals surface area contributed by atoms with Crippen LogP contribution >= 0.6 is 11.6 Å². The first kappa shape index (κ1) is 18.7. The highest BCUT2D eigenvalue weighted by Gasteiger charge is 2.08. The van der Waals surface area contributed by atoms with E-state index in [1.165, 1.54) is 24.3 Å². The van der Waals surface area contributed by atoms with Gasteiger partial charge in [-0.1, -0.05) is 35.9 Å². The molecule has 25 heavy (non-hydrogen) atoms. The van der Waals surface area contributed by atoms with Crippen LogP contribution in [-0.4, -0.2) is 18.4 Å². The average Bonchev–Trinajstić information content (AvgIpc) is 2.56. The van der Waals surface area contributed by atoms with Crippen molar-refractivity contribution in [3.8, 4) is 5.75 Å². The lowest BCUT2D eigenvalue weighted by molar-refractivity contribution is -0.128. The van der Waals surface area contributed by atoms with E-state index in [0.717, 1.165) is 5.56 Å². The number of carbonyl (C=O) groups excluding carboxylic acids is 2. The quantitative estimate of drug-likeness (QED) is 0.770. The van der Waals surface area contributed by atoms with Gasteiger partial charge in [-0.2, -0.15) is 8.78 Å². The Morgan fingerprint density at radius 1 is 0.880 bits per heavy atom. The summed E-state index contributed by atoms with van der Waals surface area (Å²) in [6.45, 7) is -2.90. The molecule has 0 aliphatic rings. The zero-order chi connectivity index (χ0) is 18.2. The highest BCUT2D eigenvalue weighted by molar-refractivity contribution is 6.30. The number of amides is 2. The van der Waals surface area contributed by atoms with E-state index in [9.17, 15) is 18.4 Å². The van der Waals surface area contributed by atoms with Crippen molar-refractivity contribution >= 4 is 23.4 Å². The molecule has 2 aromatic carbocycles. The number of halogens is 3. The molecule has 2 amide bonds. The van der Waals surface area contributed by atoms with Gasteiger partial charge in [0, 0.05) is 5.02 Å². The molecule has 8 heteroatoms. The van der Waals surface area contributed by atoms with Crippen LogP contribution in [0.15, 0.2) is 48.5 Å². The van der Waals surface area contributed by atoms with Crippen LogP contribution in [0.25, 0.3) is 0 Å². The Labute approximate surface area is 147 Å². The molecule has 0 radical (unpaired) electrons. The first-order valence-corrected chi connectivity index (χ1v) is 7.66. The normalized spacial score (nSPS) is 10.4. The van der Waals surface area contributed by atoms with E-state index in [4.69, 9.17) is 11.6 Å². The molecule has 2 aromatic rings. The number of hydrogen-bond acceptors (Lipinski definition) is 3. The van der Waals surface area contributed by atoms with Crippen LogP contribution in [0.3, 0.4) is 0 Å². The van der Waals surface area contributed by atoms with Crippen molar-refractivity contribution < 1.29 is 23.1 Å². The van der Waals surface area contributed by atoms with Crippen molar-refractivity contribution in [2.75, 3.05) is 0 Å². The van der Waals surface area contributed by atoms with Crippen molar-refractivity contribution in [3.05, 3.63) is 64.7 Å². The predicted molar refractivity (Wildman–Crippen MR) is 88.2 cm³/mol. The molecule has 0 fully saturated rings. The molecule has 0 aliphatic heterocycles. The second-order valence-electron chi connectivity index (χ2n) is 5.10. The predicted octanol–water partition coefficient (Wildman–Crippen LogP) is 2.87. The molecular weight excluding hydrogens is 354 g/mol. The lowest BCUT2D eigenvalue weighted by Gasteiger charge is -2.08. The Morgan fingerprint density at radius 2 is 1.32 bits per heavy atom. The molecule has 0 atom stereocenters.